The number of halogens is 1. The molecule has 0 aliphatic carbocycles. The summed E-state index contributed by atoms with van der Waals surface area (Å²) in [7, 11) is 1.68. The number of aromatic nitrogens is 1. The number of pyridine rings is 1. The third-order valence-electron chi connectivity index (χ3n) is 7.12. The molecule has 0 spiro atoms. The van der Waals surface area contributed by atoms with Crippen molar-refractivity contribution in [1.82, 2.24) is 15.2 Å². The Morgan fingerprint density at radius 2 is 1.86 bits per heavy atom. The van der Waals surface area contributed by atoms with Crippen LogP contribution in [0, 0.1) is 5.82 Å². The van der Waals surface area contributed by atoms with Crippen LogP contribution in [0.3, 0.4) is 0 Å². The molecule has 6 rings (SSSR count). The summed E-state index contributed by atoms with van der Waals surface area (Å²) in [5, 5.41) is 5.97. The van der Waals surface area contributed by atoms with Crippen LogP contribution >= 0.6 is 11.3 Å². The molecule has 1 saturated heterocycles. The van der Waals surface area contributed by atoms with Crippen molar-refractivity contribution in [3.8, 4) is 21.9 Å². The van der Waals surface area contributed by atoms with Gasteiger partial charge in [-0.25, -0.2) is 18.9 Å². The van der Waals surface area contributed by atoms with Crippen molar-refractivity contribution in [2.75, 3.05) is 43.6 Å². The first-order valence-corrected chi connectivity index (χ1v) is 14.9. The van der Waals surface area contributed by atoms with Gasteiger partial charge in [0.05, 0.1) is 23.4 Å². The van der Waals surface area contributed by atoms with Crippen LogP contribution in [0.1, 0.15) is 5.56 Å². The molecule has 1 aliphatic rings. The van der Waals surface area contributed by atoms with Gasteiger partial charge in [-0.1, -0.05) is 36.4 Å². The number of imide groups is 1. The molecule has 0 radical (unpaired) electrons. The molecule has 3 aromatic carbocycles. The van der Waals surface area contributed by atoms with Crippen molar-refractivity contribution in [3.05, 3.63) is 103 Å². The number of amides is 4. The number of rotatable bonds is 10. The molecule has 3 heterocycles. The molecule has 9 nitrogen and oxygen atoms in total. The normalized spacial score (nSPS) is 13.1. The van der Waals surface area contributed by atoms with E-state index in [4.69, 9.17) is 9.47 Å². The summed E-state index contributed by atoms with van der Waals surface area (Å²) in [4.78, 5) is 33.8. The smallest absolute Gasteiger partial charge is 0.332 e. The van der Waals surface area contributed by atoms with Gasteiger partial charge in [0, 0.05) is 61.3 Å². The van der Waals surface area contributed by atoms with E-state index in [-0.39, 0.29) is 18.0 Å². The number of hydrogen-bond acceptors (Lipinski definition) is 7. The van der Waals surface area contributed by atoms with E-state index in [9.17, 15) is 9.59 Å². The maximum Gasteiger partial charge on any atom is 0.332 e. The van der Waals surface area contributed by atoms with Gasteiger partial charge in [-0.15, -0.1) is 11.3 Å². The molecular formula is C33H30FN5O4S. The van der Waals surface area contributed by atoms with Gasteiger partial charge in [0.2, 0.25) is 0 Å². The molecule has 11 heteroatoms. The van der Waals surface area contributed by atoms with Gasteiger partial charge in [-0.05, 0) is 47.5 Å². The third-order valence-corrected chi connectivity index (χ3v) is 8.31. The molecule has 1 fully saturated rings. The number of urea groups is 2. The number of methoxy groups -OCH3 is 1. The molecule has 2 N–H and O–H groups in total. The lowest BCUT2D eigenvalue weighted by atomic mass is 10.1. The average Bonchev–Trinajstić information content (AvgIpc) is 3.66. The summed E-state index contributed by atoms with van der Waals surface area (Å²) >= 11 is 1.52. The Hall–Kier alpha value is -4.84. The second-order valence-electron chi connectivity index (χ2n) is 10.1. The Balaban J connectivity index is 1.14. The molecule has 5 aromatic rings. The highest BCUT2D eigenvalue weighted by atomic mass is 32.1. The van der Waals surface area contributed by atoms with Crippen LogP contribution in [-0.4, -0.2) is 55.3 Å². The fourth-order valence-electron chi connectivity index (χ4n) is 4.92. The quantitative estimate of drug-likeness (QED) is 0.164. The van der Waals surface area contributed by atoms with Crippen LogP contribution in [0.2, 0.25) is 0 Å². The van der Waals surface area contributed by atoms with Crippen molar-refractivity contribution in [1.29, 1.82) is 0 Å². The summed E-state index contributed by atoms with van der Waals surface area (Å²) in [6, 6.07) is 24.2. The zero-order valence-corrected chi connectivity index (χ0v) is 24.8. The summed E-state index contributed by atoms with van der Waals surface area (Å²) < 4.78 is 27.1. The van der Waals surface area contributed by atoms with Crippen LogP contribution in [0.15, 0.2) is 91.1 Å². The Morgan fingerprint density at radius 1 is 1.00 bits per heavy atom. The first kappa shape index (κ1) is 29.2. The number of ether oxygens (including phenoxy) is 2. The highest BCUT2D eigenvalue weighted by Gasteiger charge is 2.34. The van der Waals surface area contributed by atoms with E-state index in [0.717, 1.165) is 44.2 Å². The van der Waals surface area contributed by atoms with Gasteiger partial charge in [0.1, 0.15) is 5.75 Å². The predicted octanol–water partition coefficient (Wildman–Crippen LogP) is 7.10. The van der Waals surface area contributed by atoms with Crippen molar-refractivity contribution in [3.63, 3.8) is 0 Å². The number of nitrogens with one attached hydrogen (secondary N) is 2. The number of fused-ring (bicyclic) bond motifs is 1. The number of nitrogens with zero attached hydrogens (tertiary/aromatic N) is 3. The number of carbonyl (C=O) groups excluding carboxylic acids is 2. The van der Waals surface area contributed by atoms with Crippen LogP contribution in [0.5, 0.6) is 11.5 Å². The lowest BCUT2D eigenvalue weighted by Gasteiger charge is -2.18. The van der Waals surface area contributed by atoms with Gasteiger partial charge < -0.3 is 20.1 Å². The first-order chi connectivity index (χ1) is 21.5. The molecule has 44 heavy (non-hydrogen) atoms. The van der Waals surface area contributed by atoms with Gasteiger partial charge in [-0.2, -0.15) is 0 Å². The monoisotopic (exact) mass is 611 g/mol. The molecule has 4 amide bonds. The standard InChI is InChI=1S/C33H30FN5O4S/c1-42-17-14-35-21-22-6-5-7-23(18-22)30-20-27-31(44-30)29(12-13-36-27)43-28-11-10-24(19-26(28)34)37-32(40)39-16-15-38(33(39)41)25-8-3-2-4-9-25/h2-13,18-20,35H,14-17,21H2,1H3,(H,37,40). The predicted molar refractivity (Wildman–Crippen MR) is 170 cm³/mol. The number of para-hydroxylation sites is 1. The Bertz CT molecular complexity index is 1800. The minimum absolute atomic E-state index is 0.00193. The zero-order valence-electron chi connectivity index (χ0n) is 24.0. The van der Waals surface area contributed by atoms with Crippen LogP contribution < -0.4 is 20.3 Å². The number of anilines is 2. The summed E-state index contributed by atoms with van der Waals surface area (Å²) in [5.41, 5.74) is 3.87. The highest BCUT2D eigenvalue weighted by molar-refractivity contribution is 7.22. The van der Waals surface area contributed by atoms with E-state index in [1.165, 1.54) is 34.4 Å². The van der Waals surface area contributed by atoms with Gasteiger partial charge in [0.15, 0.2) is 11.6 Å². The average molecular weight is 612 g/mol. The molecule has 0 unspecified atom stereocenters. The van der Waals surface area contributed by atoms with E-state index >= 15 is 4.39 Å². The van der Waals surface area contributed by atoms with Gasteiger partial charge >= 0.3 is 12.1 Å². The molecule has 0 atom stereocenters. The van der Waals surface area contributed by atoms with Crippen molar-refractivity contribution >= 4 is 45.0 Å². The Morgan fingerprint density at radius 3 is 2.68 bits per heavy atom. The maximum atomic E-state index is 15.2. The van der Waals surface area contributed by atoms with E-state index in [1.807, 2.05) is 48.5 Å². The van der Waals surface area contributed by atoms with Crippen LogP contribution in [-0.2, 0) is 11.3 Å². The summed E-state index contributed by atoms with van der Waals surface area (Å²) in [6.07, 6.45) is 1.63. The van der Waals surface area contributed by atoms with E-state index in [0.29, 0.717) is 24.6 Å². The van der Waals surface area contributed by atoms with Gasteiger partial charge in [0.25, 0.3) is 0 Å². The van der Waals surface area contributed by atoms with Crippen molar-refractivity contribution in [2.24, 2.45) is 0 Å². The molecule has 0 saturated carbocycles. The fraction of sp³-hybridized carbons (Fsp3) is 0.182. The number of carbonyl (C=O) groups is 2. The van der Waals surface area contributed by atoms with Crippen molar-refractivity contribution in [2.45, 2.75) is 6.54 Å². The molecule has 224 valence electrons. The van der Waals surface area contributed by atoms with E-state index in [2.05, 4.69) is 27.8 Å². The van der Waals surface area contributed by atoms with Crippen LogP contribution in [0.4, 0.5) is 25.4 Å². The Labute approximate surface area is 257 Å². The number of hydrogen-bond donors (Lipinski definition) is 2. The molecule has 1 aliphatic heterocycles. The maximum absolute atomic E-state index is 15.2. The van der Waals surface area contributed by atoms with E-state index < -0.39 is 17.9 Å². The van der Waals surface area contributed by atoms with Crippen molar-refractivity contribution < 1.29 is 23.5 Å². The van der Waals surface area contributed by atoms with Gasteiger partial charge in [-0.3, -0.25) is 9.88 Å². The highest BCUT2D eigenvalue weighted by Crippen LogP contribution is 2.40. The lowest BCUT2D eigenvalue weighted by Crippen LogP contribution is -2.39. The lowest BCUT2D eigenvalue weighted by molar-refractivity contribution is 0.199. The van der Waals surface area contributed by atoms with E-state index in [1.54, 1.807) is 19.4 Å². The zero-order chi connectivity index (χ0) is 30.5. The molecular weight excluding hydrogens is 581 g/mol. The largest absolute Gasteiger partial charge is 0.453 e. The number of benzene rings is 3. The first-order valence-electron chi connectivity index (χ1n) is 14.1. The molecule has 2 aromatic heterocycles. The van der Waals surface area contributed by atoms with Crippen LogP contribution in [0.25, 0.3) is 20.7 Å². The Kier molecular flexibility index (Phi) is 8.78. The summed E-state index contributed by atoms with van der Waals surface area (Å²) in [6.45, 7) is 2.74. The molecule has 0 bridgehead atoms. The fourth-order valence-corrected chi connectivity index (χ4v) is 5.98. The summed E-state index contributed by atoms with van der Waals surface area (Å²) in [5.74, 6) is -0.179. The topological polar surface area (TPSA) is 96.0 Å². The second kappa shape index (κ2) is 13.2. The minimum Gasteiger partial charge on any atom is -0.453 e. The number of thiophene rings is 1. The minimum atomic E-state index is -0.656. The SMILES string of the molecule is COCCNCc1cccc(-c2cc3nccc(Oc4ccc(NC(=O)N5CCN(c6ccccc6)C5=O)cc4F)c3s2)c1. The second-order valence-corrected chi connectivity index (χ2v) is 11.2. The third kappa shape index (κ3) is 6.40.